The zero-order valence-corrected chi connectivity index (χ0v) is 13.7. The van der Waals surface area contributed by atoms with Gasteiger partial charge in [0.1, 0.15) is 11.6 Å². The number of rotatable bonds is 4. The first-order valence-corrected chi connectivity index (χ1v) is 8.03. The van der Waals surface area contributed by atoms with Crippen molar-refractivity contribution >= 4 is 16.9 Å². The van der Waals surface area contributed by atoms with Gasteiger partial charge in [-0.15, -0.1) is 0 Å². The van der Waals surface area contributed by atoms with E-state index in [0.29, 0.717) is 12.4 Å². The Balaban J connectivity index is 1.51. The van der Waals surface area contributed by atoms with Crippen LogP contribution in [0.4, 0.5) is 5.82 Å². The van der Waals surface area contributed by atoms with Gasteiger partial charge >= 0.3 is 5.69 Å². The van der Waals surface area contributed by atoms with Crippen molar-refractivity contribution in [3.63, 3.8) is 0 Å². The zero-order valence-electron chi connectivity index (χ0n) is 13.7. The minimum Gasteiger partial charge on any atom is -0.367 e. The minimum absolute atomic E-state index is 0.353. The molecule has 0 aliphatic carbocycles. The van der Waals surface area contributed by atoms with E-state index in [1.54, 1.807) is 6.20 Å². The van der Waals surface area contributed by atoms with E-state index in [-0.39, 0.29) is 5.69 Å². The van der Waals surface area contributed by atoms with Crippen molar-refractivity contribution in [3.8, 4) is 11.4 Å². The SMILES string of the molecule is Cc1cnc(=O)[nH]c1NCc1ccc(-c2nc3ccccc3[nH]2)cc1. The smallest absolute Gasteiger partial charge is 0.346 e. The van der Waals surface area contributed by atoms with Crippen LogP contribution in [0.2, 0.25) is 0 Å². The summed E-state index contributed by atoms with van der Waals surface area (Å²) in [4.78, 5) is 25.7. The van der Waals surface area contributed by atoms with Gasteiger partial charge in [-0.2, -0.15) is 0 Å². The summed E-state index contributed by atoms with van der Waals surface area (Å²) < 4.78 is 0. The molecule has 2 aromatic heterocycles. The molecule has 2 heterocycles. The molecule has 0 saturated carbocycles. The standard InChI is InChI=1S/C19H17N5O/c1-12-10-21-19(25)24-17(12)20-11-13-6-8-14(9-7-13)18-22-15-4-2-3-5-16(15)23-18/h2-10H,11H2,1H3,(H,22,23)(H2,20,21,24,25). The van der Waals surface area contributed by atoms with Gasteiger partial charge in [-0.25, -0.2) is 14.8 Å². The summed E-state index contributed by atoms with van der Waals surface area (Å²) in [6.07, 6.45) is 1.56. The first kappa shape index (κ1) is 15.1. The molecule has 0 atom stereocenters. The lowest BCUT2D eigenvalue weighted by molar-refractivity contribution is 1.01. The summed E-state index contributed by atoms with van der Waals surface area (Å²) in [5.74, 6) is 1.55. The Kier molecular flexibility index (Phi) is 3.78. The van der Waals surface area contributed by atoms with E-state index in [1.165, 1.54) is 0 Å². The third-order valence-corrected chi connectivity index (χ3v) is 4.09. The molecule has 0 aliphatic rings. The second kappa shape index (κ2) is 6.24. The molecule has 3 N–H and O–H groups in total. The quantitative estimate of drug-likeness (QED) is 0.536. The van der Waals surface area contributed by atoms with Crippen molar-refractivity contribution in [2.75, 3.05) is 5.32 Å². The second-order valence-electron chi connectivity index (χ2n) is 5.90. The highest BCUT2D eigenvalue weighted by Crippen LogP contribution is 2.21. The Bertz CT molecular complexity index is 1050. The summed E-state index contributed by atoms with van der Waals surface area (Å²) in [6, 6.07) is 16.1. The summed E-state index contributed by atoms with van der Waals surface area (Å²) in [6.45, 7) is 2.51. The van der Waals surface area contributed by atoms with Gasteiger partial charge in [-0.05, 0) is 24.6 Å². The Morgan fingerprint density at radius 1 is 1.04 bits per heavy atom. The average Bonchev–Trinajstić information content (AvgIpc) is 3.07. The van der Waals surface area contributed by atoms with E-state index in [9.17, 15) is 4.79 Å². The molecule has 0 aliphatic heterocycles. The number of H-pyrrole nitrogens is 2. The van der Waals surface area contributed by atoms with Crippen LogP contribution in [0, 0.1) is 6.92 Å². The Morgan fingerprint density at radius 2 is 1.84 bits per heavy atom. The van der Waals surface area contributed by atoms with Crippen LogP contribution in [-0.2, 0) is 6.54 Å². The zero-order chi connectivity index (χ0) is 17.2. The number of aromatic amines is 2. The van der Waals surface area contributed by atoms with Gasteiger partial charge in [0.05, 0.1) is 11.0 Å². The number of aryl methyl sites for hydroxylation is 1. The van der Waals surface area contributed by atoms with Gasteiger partial charge in [-0.3, -0.25) is 4.98 Å². The van der Waals surface area contributed by atoms with Crippen LogP contribution >= 0.6 is 0 Å². The van der Waals surface area contributed by atoms with Crippen LogP contribution in [0.1, 0.15) is 11.1 Å². The highest BCUT2D eigenvalue weighted by molar-refractivity contribution is 5.79. The lowest BCUT2D eigenvalue weighted by Crippen LogP contribution is -2.14. The largest absolute Gasteiger partial charge is 0.367 e. The van der Waals surface area contributed by atoms with E-state index in [0.717, 1.165) is 33.5 Å². The van der Waals surface area contributed by atoms with Crippen molar-refractivity contribution in [2.45, 2.75) is 13.5 Å². The molecular weight excluding hydrogens is 314 g/mol. The fourth-order valence-corrected chi connectivity index (χ4v) is 2.70. The van der Waals surface area contributed by atoms with Crippen LogP contribution in [0.3, 0.4) is 0 Å². The summed E-state index contributed by atoms with van der Waals surface area (Å²) in [7, 11) is 0. The molecule has 0 radical (unpaired) electrons. The van der Waals surface area contributed by atoms with Gasteiger partial charge in [0.25, 0.3) is 0 Å². The first-order valence-electron chi connectivity index (χ1n) is 8.03. The van der Waals surface area contributed by atoms with Crippen molar-refractivity contribution in [2.24, 2.45) is 0 Å². The molecule has 4 aromatic rings. The first-order chi connectivity index (χ1) is 12.2. The number of aromatic nitrogens is 4. The molecule has 0 spiro atoms. The highest BCUT2D eigenvalue weighted by atomic mass is 16.1. The number of hydrogen-bond acceptors (Lipinski definition) is 4. The molecule has 0 fully saturated rings. The third-order valence-electron chi connectivity index (χ3n) is 4.09. The van der Waals surface area contributed by atoms with Crippen molar-refractivity contribution in [3.05, 3.63) is 76.3 Å². The maximum Gasteiger partial charge on any atom is 0.346 e. The van der Waals surface area contributed by atoms with Gasteiger partial charge < -0.3 is 10.3 Å². The molecule has 25 heavy (non-hydrogen) atoms. The van der Waals surface area contributed by atoms with E-state index in [4.69, 9.17) is 0 Å². The Hall–Kier alpha value is -3.41. The van der Waals surface area contributed by atoms with E-state index in [1.807, 2.05) is 55.5 Å². The lowest BCUT2D eigenvalue weighted by atomic mass is 10.1. The Morgan fingerprint density at radius 3 is 2.64 bits per heavy atom. The predicted molar refractivity (Wildman–Crippen MR) is 98.5 cm³/mol. The van der Waals surface area contributed by atoms with E-state index in [2.05, 4.69) is 25.3 Å². The van der Waals surface area contributed by atoms with E-state index >= 15 is 0 Å². The van der Waals surface area contributed by atoms with Crippen molar-refractivity contribution < 1.29 is 0 Å². The molecule has 0 saturated heterocycles. The fraction of sp³-hybridized carbons (Fsp3) is 0.105. The molecule has 6 heteroatoms. The number of nitrogens with one attached hydrogen (secondary N) is 3. The van der Waals surface area contributed by atoms with E-state index < -0.39 is 0 Å². The molecule has 4 rings (SSSR count). The fourth-order valence-electron chi connectivity index (χ4n) is 2.70. The maximum atomic E-state index is 11.3. The van der Waals surface area contributed by atoms with Crippen LogP contribution in [0.5, 0.6) is 0 Å². The molecule has 6 nitrogen and oxygen atoms in total. The molecule has 2 aromatic carbocycles. The maximum absolute atomic E-state index is 11.3. The van der Waals surface area contributed by atoms with Crippen LogP contribution in [-0.4, -0.2) is 19.9 Å². The number of para-hydroxylation sites is 2. The predicted octanol–water partition coefficient (Wildman–Crippen LogP) is 3.23. The molecule has 0 bridgehead atoms. The summed E-state index contributed by atoms with van der Waals surface area (Å²) >= 11 is 0. The molecule has 0 amide bonds. The molecular formula is C19H17N5O. The van der Waals surface area contributed by atoms with Gasteiger partial charge in [0, 0.05) is 23.9 Å². The van der Waals surface area contributed by atoms with Crippen LogP contribution < -0.4 is 11.0 Å². The van der Waals surface area contributed by atoms with Gasteiger partial charge in [0.2, 0.25) is 0 Å². The number of benzene rings is 2. The highest BCUT2D eigenvalue weighted by Gasteiger charge is 2.05. The topological polar surface area (TPSA) is 86.5 Å². The summed E-state index contributed by atoms with van der Waals surface area (Å²) in [5.41, 5.74) is 4.68. The van der Waals surface area contributed by atoms with Gasteiger partial charge in [0.15, 0.2) is 0 Å². The normalized spacial score (nSPS) is 10.9. The number of nitrogens with zero attached hydrogens (tertiary/aromatic N) is 2. The average molecular weight is 331 g/mol. The Labute approximate surface area is 144 Å². The minimum atomic E-state index is -0.353. The number of hydrogen-bond donors (Lipinski definition) is 3. The van der Waals surface area contributed by atoms with Crippen LogP contribution in [0.25, 0.3) is 22.4 Å². The lowest BCUT2D eigenvalue weighted by Gasteiger charge is -2.08. The number of imidazole rings is 1. The molecule has 0 unspecified atom stereocenters. The molecule has 124 valence electrons. The van der Waals surface area contributed by atoms with Crippen molar-refractivity contribution in [1.82, 2.24) is 19.9 Å². The third kappa shape index (κ3) is 3.14. The van der Waals surface area contributed by atoms with Crippen molar-refractivity contribution in [1.29, 1.82) is 0 Å². The second-order valence-corrected chi connectivity index (χ2v) is 5.90. The van der Waals surface area contributed by atoms with Gasteiger partial charge in [-0.1, -0.05) is 36.4 Å². The number of anilines is 1. The monoisotopic (exact) mass is 331 g/mol. The van der Waals surface area contributed by atoms with Crippen LogP contribution in [0.15, 0.2) is 59.5 Å². The number of fused-ring (bicyclic) bond motifs is 1. The summed E-state index contributed by atoms with van der Waals surface area (Å²) in [5, 5.41) is 3.23.